The Bertz CT molecular complexity index is 503. The number of carbonyl (C=O) groups is 2. The Hall–Kier alpha value is -1.34. The Labute approximate surface area is 149 Å². The first-order valence-electron chi connectivity index (χ1n) is 7.18. The summed E-state index contributed by atoms with van der Waals surface area (Å²) in [5, 5.41) is 2.74. The molecule has 0 bridgehead atoms. The van der Waals surface area contributed by atoms with Crippen LogP contribution < -0.4 is 11.1 Å². The Kier molecular flexibility index (Phi) is 9.83. The molecule has 1 aromatic carbocycles. The molecule has 2 rings (SSSR count). The molecule has 23 heavy (non-hydrogen) atoms. The van der Waals surface area contributed by atoms with E-state index in [-0.39, 0.29) is 36.6 Å². The van der Waals surface area contributed by atoms with Crippen LogP contribution in [0, 0.1) is 0 Å². The van der Waals surface area contributed by atoms with Crippen LogP contribution in [0.15, 0.2) is 24.3 Å². The Balaban J connectivity index is 0.00000242. The predicted octanol–water partition coefficient (Wildman–Crippen LogP) is 1.21. The summed E-state index contributed by atoms with van der Waals surface area (Å²) in [6.07, 6.45) is 0.294. The van der Waals surface area contributed by atoms with Gasteiger partial charge >= 0.3 is 0 Å². The fourth-order valence-electron chi connectivity index (χ4n) is 2.24. The van der Waals surface area contributed by atoms with Crippen molar-refractivity contribution in [3.05, 3.63) is 29.8 Å². The van der Waals surface area contributed by atoms with Gasteiger partial charge in [-0.1, -0.05) is 0 Å². The molecule has 2 amide bonds. The lowest BCUT2D eigenvalue weighted by atomic mass is 10.1. The van der Waals surface area contributed by atoms with Gasteiger partial charge in [0.05, 0.1) is 0 Å². The maximum absolute atomic E-state index is 12.3. The van der Waals surface area contributed by atoms with E-state index in [1.54, 1.807) is 24.3 Å². The van der Waals surface area contributed by atoms with Crippen molar-refractivity contribution in [3.8, 4) is 0 Å². The summed E-state index contributed by atoms with van der Waals surface area (Å²) in [6.45, 7) is 3.64. The van der Waals surface area contributed by atoms with Gasteiger partial charge in [-0.15, -0.1) is 24.8 Å². The van der Waals surface area contributed by atoms with E-state index in [2.05, 4.69) is 17.3 Å². The van der Waals surface area contributed by atoms with Crippen LogP contribution in [0.25, 0.3) is 0 Å². The van der Waals surface area contributed by atoms with Gasteiger partial charge in [-0.3, -0.25) is 9.59 Å². The van der Waals surface area contributed by atoms with Crippen LogP contribution >= 0.6 is 24.8 Å². The third kappa shape index (κ3) is 6.35. The minimum absolute atomic E-state index is 0. The summed E-state index contributed by atoms with van der Waals surface area (Å²) in [5.74, 6) is -0.0708. The maximum atomic E-state index is 12.3. The van der Waals surface area contributed by atoms with Crippen LogP contribution in [0.3, 0.4) is 0 Å². The monoisotopic (exact) mass is 362 g/mol. The molecule has 8 heteroatoms. The van der Waals surface area contributed by atoms with Gasteiger partial charge in [-0.05, 0) is 31.3 Å². The van der Waals surface area contributed by atoms with E-state index in [1.807, 2.05) is 4.90 Å². The molecule has 0 spiro atoms. The number of nitrogens with one attached hydrogen (secondary N) is 1. The minimum atomic E-state index is -0.115. The normalized spacial score (nSPS) is 14.4. The quantitative estimate of drug-likeness (QED) is 0.843. The second-order valence-corrected chi connectivity index (χ2v) is 5.26. The van der Waals surface area contributed by atoms with Gasteiger partial charge < -0.3 is 20.9 Å². The zero-order valence-electron chi connectivity index (χ0n) is 13.2. The van der Waals surface area contributed by atoms with E-state index < -0.39 is 0 Å². The fraction of sp³-hybridized carbons (Fsp3) is 0.467. The van der Waals surface area contributed by atoms with Crippen LogP contribution in [-0.2, 0) is 4.79 Å². The molecule has 0 unspecified atom stereocenters. The molecule has 1 aliphatic rings. The van der Waals surface area contributed by atoms with Gasteiger partial charge in [0.15, 0.2) is 0 Å². The number of anilines is 1. The lowest BCUT2D eigenvalue weighted by Crippen LogP contribution is -2.47. The number of piperazine rings is 1. The average molecular weight is 363 g/mol. The molecule has 1 aliphatic heterocycles. The number of hydrogen-bond donors (Lipinski definition) is 2. The van der Waals surface area contributed by atoms with Crippen LogP contribution in [0.1, 0.15) is 16.8 Å². The molecule has 0 radical (unpaired) electrons. The summed E-state index contributed by atoms with van der Waals surface area (Å²) >= 11 is 0. The van der Waals surface area contributed by atoms with E-state index in [9.17, 15) is 9.59 Å². The number of hydrogen-bond acceptors (Lipinski definition) is 4. The van der Waals surface area contributed by atoms with E-state index in [1.165, 1.54) is 0 Å². The first-order valence-corrected chi connectivity index (χ1v) is 7.18. The molecule has 0 aliphatic carbocycles. The van der Waals surface area contributed by atoms with Crippen molar-refractivity contribution in [1.29, 1.82) is 0 Å². The van der Waals surface area contributed by atoms with Crippen molar-refractivity contribution in [2.24, 2.45) is 5.73 Å². The van der Waals surface area contributed by atoms with Crippen molar-refractivity contribution in [2.75, 3.05) is 45.1 Å². The first kappa shape index (κ1) is 21.7. The molecule has 0 saturated carbocycles. The van der Waals surface area contributed by atoms with E-state index in [4.69, 9.17) is 5.73 Å². The first-order chi connectivity index (χ1) is 10.1. The number of carbonyl (C=O) groups excluding carboxylic acids is 2. The number of benzene rings is 1. The molecule has 0 atom stereocenters. The number of halogens is 2. The third-order valence-corrected chi connectivity index (χ3v) is 3.58. The van der Waals surface area contributed by atoms with E-state index in [0.29, 0.717) is 24.2 Å². The molecule has 3 N–H and O–H groups in total. The van der Waals surface area contributed by atoms with Crippen LogP contribution in [0.4, 0.5) is 5.69 Å². The van der Waals surface area contributed by atoms with Gasteiger partial charge in [-0.2, -0.15) is 0 Å². The number of amides is 2. The summed E-state index contributed by atoms with van der Waals surface area (Å²) in [7, 11) is 2.06. The molecule has 1 aromatic rings. The summed E-state index contributed by atoms with van der Waals surface area (Å²) in [6, 6.07) is 6.99. The predicted molar refractivity (Wildman–Crippen MR) is 96.6 cm³/mol. The maximum Gasteiger partial charge on any atom is 0.253 e. The van der Waals surface area contributed by atoms with Gasteiger partial charge in [0.25, 0.3) is 5.91 Å². The van der Waals surface area contributed by atoms with Gasteiger partial charge in [0.2, 0.25) is 5.91 Å². The van der Waals surface area contributed by atoms with Gasteiger partial charge in [0, 0.05) is 50.4 Å². The Morgan fingerprint density at radius 2 is 1.65 bits per heavy atom. The van der Waals surface area contributed by atoms with Crippen LogP contribution in [0.2, 0.25) is 0 Å². The average Bonchev–Trinajstić information content (AvgIpc) is 2.48. The molecule has 130 valence electrons. The van der Waals surface area contributed by atoms with Crippen LogP contribution in [0.5, 0.6) is 0 Å². The van der Waals surface area contributed by atoms with Gasteiger partial charge in [0.1, 0.15) is 0 Å². The number of nitrogens with zero attached hydrogens (tertiary/aromatic N) is 2. The lowest BCUT2D eigenvalue weighted by molar-refractivity contribution is -0.116. The fourth-order valence-corrected chi connectivity index (χ4v) is 2.24. The highest BCUT2D eigenvalue weighted by molar-refractivity contribution is 5.96. The summed E-state index contributed by atoms with van der Waals surface area (Å²) < 4.78 is 0. The number of nitrogens with two attached hydrogens (primary N) is 1. The highest BCUT2D eigenvalue weighted by Crippen LogP contribution is 2.13. The Morgan fingerprint density at radius 1 is 1.09 bits per heavy atom. The largest absolute Gasteiger partial charge is 0.336 e. The second-order valence-electron chi connectivity index (χ2n) is 5.26. The summed E-state index contributed by atoms with van der Waals surface area (Å²) in [5.41, 5.74) is 6.66. The van der Waals surface area contributed by atoms with E-state index in [0.717, 1.165) is 26.2 Å². The standard InChI is InChI=1S/C15H22N4O2.2ClH/c1-18-8-10-19(11-9-18)15(21)12-2-4-13(5-3-12)17-14(20)6-7-16;;/h2-5H,6-11,16H2,1H3,(H,17,20);2*1H. The number of likely N-dealkylation sites (N-methyl/N-ethyl adjacent to an activating group) is 1. The lowest BCUT2D eigenvalue weighted by Gasteiger charge is -2.32. The zero-order valence-corrected chi connectivity index (χ0v) is 14.8. The van der Waals surface area contributed by atoms with Crippen LogP contribution in [-0.4, -0.2) is 61.4 Å². The second kappa shape index (κ2) is 10.4. The molecular formula is C15H24Cl2N4O2. The molecule has 1 heterocycles. The van der Waals surface area contributed by atoms with Crippen molar-refractivity contribution in [1.82, 2.24) is 9.80 Å². The highest BCUT2D eigenvalue weighted by Gasteiger charge is 2.20. The number of rotatable bonds is 4. The smallest absolute Gasteiger partial charge is 0.253 e. The molecule has 0 aromatic heterocycles. The molecule has 1 fully saturated rings. The SMILES string of the molecule is CN1CCN(C(=O)c2ccc(NC(=O)CCN)cc2)CC1.Cl.Cl. The third-order valence-electron chi connectivity index (χ3n) is 3.58. The van der Waals surface area contributed by atoms with Gasteiger partial charge in [-0.25, -0.2) is 0 Å². The van der Waals surface area contributed by atoms with Crippen molar-refractivity contribution >= 4 is 42.3 Å². The molecule has 1 saturated heterocycles. The summed E-state index contributed by atoms with van der Waals surface area (Å²) in [4.78, 5) is 27.9. The zero-order chi connectivity index (χ0) is 15.2. The minimum Gasteiger partial charge on any atom is -0.336 e. The van der Waals surface area contributed by atoms with Crippen molar-refractivity contribution in [3.63, 3.8) is 0 Å². The molecule has 6 nitrogen and oxygen atoms in total. The highest BCUT2D eigenvalue weighted by atomic mass is 35.5. The van der Waals surface area contributed by atoms with Crippen molar-refractivity contribution < 1.29 is 9.59 Å². The Morgan fingerprint density at radius 3 is 2.17 bits per heavy atom. The topological polar surface area (TPSA) is 78.7 Å². The van der Waals surface area contributed by atoms with Crippen molar-refractivity contribution in [2.45, 2.75) is 6.42 Å². The van der Waals surface area contributed by atoms with E-state index >= 15 is 0 Å². The molecular weight excluding hydrogens is 339 g/mol.